The first-order valence-electron chi connectivity index (χ1n) is 7.85. The first-order chi connectivity index (χ1) is 10.8. The molecule has 1 amide bonds. The van der Waals surface area contributed by atoms with Crippen molar-refractivity contribution in [2.75, 3.05) is 18.0 Å². The molecule has 4 heteroatoms. The van der Waals surface area contributed by atoms with Gasteiger partial charge >= 0.3 is 0 Å². The number of nitrogens with one attached hydrogen (secondary N) is 1. The smallest absolute Gasteiger partial charge is 0.251 e. The number of amides is 1. The average Bonchev–Trinajstić information content (AvgIpc) is 2.61. The van der Waals surface area contributed by atoms with Crippen LogP contribution in [0.4, 0.5) is 5.69 Å². The Morgan fingerprint density at radius 3 is 2.55 bits per heavy atom. The van der Waals surface area contributed by atoms with Crippen LogP contribution in [0.25, 0.3) is 0 Å². The summed E-state index contributed by atoms with van der Waals surface area (Å²) in [7, 11) is 0. The highest BCUT2D eigenvalue weighted by atomic mass is 16.1. The standard InChI is InChI=1S/C18H21N3O/c22-18(20-14-15-5-4-10-19-13-15)16-6-8-17(9-7-16)21-11-2-1-3-12-21/h4-10,13H,1-3,11-12,14H2,(H,20,22). The van der Waals surface area contributed by atoms with Crippen molar-refractivity contribution < 1.29 is 4.79 Å². The molecular formula is C18H21N3O. The Hall–Kier alpha value is -2.36. The highest BCUT2D eigenvalue weighted by Gasteiger charge is 2.11. The zero-order valence-electron chi connectivity index (χ0n) is 12.7. The third kappa shape index (κ3) is 3.64. The minimum Gasteiger partial charge on any atom is -0.372 e. The van der Waals surface area contributed by atoms with Crippen LogP contribution in [-0.4, -0.2) is 24.0 Å². The first-order valence-corrected chi connectivity index (χ1v) is 7.85. The van der Waals surface area contributed by atoms with Gasteiger partial charge in [-0.15, -0.1) is 0 Å². The fourth-order valence-corrected chi connectivity index (χ4v) is 2.76. The summed E-state index contributed by atoms with van der Waals surface area (Å²) in [6.45, 7) is 2.74. The number of aromatic nitrogens is 1. The lowest BCUT2D eigenvalue weighted by atomic mass is 10.1. The normalized spacial score (nSPS) is 14.6. The van der Waals surface area contributed by atoms with Crippen molar-refractivity contribution in [3.8, 4) is 0 Å². The topological polar surface area (TPSA) is 45.2 Å². The molecule has 1 fully saturated rings. The molecule has 1 aliphatic heterocycles. The number of nitrogens with zero attached hydrogens (tertiary/aromatic N) is 2. The van der Waals surface area contributed by atoms with Gasteiger partial charge in [0, 0.05) is 43.3 Å². The van der Waals surface area contributed by atoms with Gasteiger partial charge in [0.1, 0.15) is 0 Å². The van der Waals surface area contributed by atoms with Gasteiger partial charge in [0.25, 0.3) is 5.91 Å². The molecule has 2 aromatic rings. The van der Waals surface area contributed by atoms with Gasteiger partial charge in [-0.25, -0.2) is 0 Å². The monoisotopic (exact) mass is 295 g/mol. The fourth-order valence-electron chi connectivity index (χ4n) is 2.76. The van der Waals surface area contributed by atoms with E-state index < -0.39 is 0 Å². The predicted octanol–water partition coefficient (Wildman–Crippen LogP) is 3.00. The maximum absolute atomic E-state index is 12.2. The van der Waals surface area contributed by atoms with Crippen LogP contribution in [0, 0.1) is 0 Å². The summed E-state index contributed by atoms with van der Waals surface area (Å²) in [6, 6.07) is 11.7. The van der Waals surface area contributed by atoms with Gasteiger partial charge < -0.3 is 10.2 Å². The van der Waals surface area contributed by atoms with E-state index in [1.807, 2.05) is 36.4 Å². The van der Waals surface area contributed by atoms with Crippen LogP contribution in [0.15, 0.2) is 48.8 Å². The van der Waals surface area contributed by atoms with Crippen molar-refractivity contribution in [1.29, 1.82) is 0 Å². The molecule has 1 aromatic carbocycles. The van der Waals surface area contributed by atoms with Crippen LogP contribution < -0.4 is 10.2 Å². The average molecular weight is 295 g/mol. The molecule has 0 atom stereocenters. The minimum atomic E-state index is -0.0472. The molecule has 1 aliphatic rings. The largest absolute Gasteiger partial charge is 0.372 e. The number of piperidine rings is 1. The van der Waals surface area contributed by atoms with E-state index in [0.717, 1.165) is 18.7 Å². The van der Waals surface area contributed by atoms with Crippen molar-refractivity contribution in [2.24, 2.45) is 0 Å². The van der Waals surface area contributed by atoms with Gasteiger partial charge in [-0.3, -0.25) is 9.78 Å². The molecule has 1 aromatic heterocycles. The van der Waals surface area contributed by atoms with Crippen LogP contribution in [-0.2, 0) is 6.54 Å². The van der Waals surface area contributed by atoms with Crippen LogP contribution in [0.5, 0.6) is 0 Å². The quantitative estimate of drug-likeness (QED) is 0.943. The molecule has 114 valence electrons. The summed E-state index contributed by atoms with van der Waals surface area (Å²) in [6.07, 6.45) is 7.33. The number of rotatable bonds is 4. The summed E-state index contributed by atoms with van der Waals surface area (Å²) < 4.78 is 0. The van der Waals surface area contributed by atoms with Gasteiger partial charge in [-0.1, -0.05) is 6.07 Å². The van der Waals surface area contributed by atoms with Crippen molar-refractivity contribution in [3.05, 3.63) is 59.9 Å². The SMILES string of the molecule is O=C(NCc1cccnc1)c1ccc(N2CCCCC2)cc1. The van der Waals surface area contributed by atoms with Gasteiger partial charge in [0.15, 0.2) is 0 Å². The van der Waals surface area contributed by atoms with Gasteiger partial charge in [-0.05, 0) is 55.2 Å². The second kappa shape index (κ2) is 7.07. The molecule has 0 unspecified atom stereocenters. The van der Waals surface area contributed by atoms with Crippen molar-refractivity contribution >= 4 is 11.6 Å². The van der Waals surface area contributed by atoms with Gasteiger partial charge in [0.05, 0.1) is 0 Å². The lowest BCUT2D eigenvalue weighted by Gasteiger charge is -2.28. The summed E-state index contributed by atoms with van der Waals surface area (Å²) in [4.78, 5) is 18.6. The molecule has 0 radical (unpaired) electrons. The van der Waals surface area contributed by atoms with Crippen LogP contribution in [0.2, 0.25) is 0 Å². The van der Waals surface area contributed by atoms with Crippen molar-refractivity contribution in [3.63, 3.8) is 0 Å². The van der Waals surface area contributed by atoms with E-state index >= 15 is 0 Å². The van der Waals surface area contributed by atoms with E-state index in [9.17, 15) is 4.79 Å². The van der Waals surface area contributed by atoms with E-state index in [1.54, 1.807) is 12.4 Å². The predicted molar refractivity (Wildman–Crippen MR) is 87.9 cm³/mol. The molecular weight excluding hydrogens is 274 g/mol. The van der Waals surface area contributed by atoms with Gasteiger partial charge in [-0.2, -0.15) is 0 Å². The Kier molecular flexibility index (Phi) is 4.68. The maximum Gasteiger partial charge on any atom is 0.251 e. The maximum atomic E-state index is 12.2. The van der Waals surface area contributed by atoms with E-state index in [0.29, 0.717) is 12.1 Å². The Morgan fingerprint density at radius 1 is 1.09 bits per heavy atom. The third-order valence-electron chi connectivity index (χ3n) is 4.03. The fraction of sp³-hybridized carbons (Fsp3) is 0.333. The lowest BCUT2D eigenvalue weighted by Crippen LogP contribution is -2.29. The Balaban J connectivity index is 1.58. The molecule has 22 heavy (non-hydrogen) atoms. The second-order valence-electron chi connectivity index (χ2n) is 5.64. The summed E-state index contributed by atoms with van der Waals surface area (Å²) in [5.41, 5.74) is 2.91. The van der Waals surface area contributed by atoms with Crippen LogP contribution >= 0.6 is 0 Å². The Bertz CT molecular complexity index is 604. The summed E-state index contributed by atoms with van der Waals surface area (Å²) in [5, 5.41) is 2.92. The Labute approximate surface area is 131 Å². The van der Waals surface area contributed by atoms with E-state index in [1.165, 1.54) is 24.9 Å². The number of hydrogen-bond acceptors (Lipinski definition) is 3. The molecule has 0 bridgehead atoms. The number of carbonyl (C=O) groups is 1. The number of pyridine rings is 1. The molecule has 0 saturated carbocycles. The van der Waals surface area contributed by atoms with E-state index in [4.69, 9.17) is 0 Å². The summed E-state index contributed by atoms with van der Waals surface area (Å²) in [5.74, 6) is -0.0472. The molecule has 3 rings (SSSR count). The highest BCUT2D eigenvalue weighted by Crippen LogP contribution is 2.20. The number of anilines is 1. The minimum absolute atomic E-state index is 0.0472. The molecule has 4 nitrogen and oxygen atoms in total. The zero-order chi connectivity index (χ0) is 15.2. The first kappa shape index (κ1) is 14.6. The Morgan fingerprint density at radius 2 is 1.86 bits per heavy atom. The van der Waals surface area contributed by atoms with Crippen molar-refractivity contribution in [2.45, 2.75) is 25.8 Å². The summed E-state index contributed by atoms with van der Waals surface area (Å²) >= 11 is 0. The van der Waals surface area contributed by atoms with Crippen LogP contribution in [0.1, 0.15) is 35.2 Å². The molecule has 0 spiro atoms. The molecule has 2 heterocycles. The van der Waals surface area contributed by atoms with Crippen LogP contribution in [0.3, 0.4) is 0 Å². The molecule has 0 aliphatic carbocycles. The number of hydrogen-bond donors (Lipinski definition) is 1. The second-order valence-corrected chi connectivity index (χ2v) is 5.64. The molecule has 1 N–H and O–H groups in total. The molecule has 1 saturated heterocycles. The number of benzene rings is 1. The third-order valence-corrected chi connectivity index (χ3v) is 4.03. The van der Waals surface area contributed by atoms with E-state index in [2.05, 4.69) is 15.2 Å². The van der Waals surface area contributed by atoms with E-state index in [-0.39, 0.29) is 5.91 Å². The van der Waals surface area contributed by atoms with Gasteiger partial charge in [0.2, 0.25) is 0 Å². The zero-order valence-corrected chi connectivity index (χ0v) is 12.7. The lowest BCUT2D eigenvalue weighted by molar-refractivity contribution is 0.0951. The van der Waals surface area contributed by atoms with Crippen molar-refractivity contribution in [1.82, 2.24) is 10.3 Å². The highest BCUT2D eigenvalue weighted by molar-refractivity contribution is 5.94. The number of carbonyl (C=O) groups excluding carboxylic acids is 1.